The van der Waals surface area contributed by atoms with E-state index in [9.17, 15) is 19.7 Å². The lowest BCUT2D eigenvalue weighted by atomic mass is 10.1. The molecule has 0 aliphatic carbocycles. The SMILES string of the molecule is O=C(c1ccc(N2CCN(C(=O)N3CCOCC3)CC2)c([N+](=O)[O-])c1)N1CCNCC1. The molecule has 0 saturated carbocycles. The second-order valence-corrected chi connectivity index (χ2v) is 7.86. The number of hydrogen-bond donors (Lipinski definition) is 1. The van der Waals surface area contributed by atoms with Gasteiger partial charge in [-0.25, -0.2) is 4.79 Å². The average Bonchev–Trinajstić information content (AvgIpc) is 2.84. The molecule has 0 aromatic heterocycles. The summed E-state index contributed by atoms with van der Waals surface area (Å²) in [7, 11) is 0. The molecule has 0 bridgehead atoms. The monoisotopic (exact) mass is 432 g/mol. The minimum Gasteiger partial charge on any atom is -0.378 e. The van der Waals surface area contributed by atoms with Crippen molar-refractivity contribution in [2.75, 3.05) is 83.6 Å². The zero-order valence-electron chi connectivity index (χ0n) is 17.5. The van der Waals surface area contributed by atoms with Crippen LogP contribution in [0.5, 0.6) is 0 Å². The summed E-state index contributed by atoms with van der Waals surface area (Å²) in [6.07, 6.45) is 0. The Hall–Kier alpha value is -2.92. The molecule has 4 rings (SSSR count). The molecule has 0 radical (unpaired) electrons. The van der Waals surface area contributed by atoms with E-state index in [0.717, 1.165) is 13.1 Å². The molecule has 11 heteroatoms. The number of hydrogen-bond acceptors (Lipinski definition) is 7. The number of nitro benzene ring substituents is 1. The van der Waals surface area contributed by atoms with E-state index in [1.54, 1.807) is 26.8 Å². The van der Waals surface area contributed by atoms with Crippen LogP contribution in [0, 0.1) is 10.1 Å². The van der Waals surface area contributed by atoms with Gasteiger partial charge in [-0.1, -0.05) is 0 Å². The van der Waals surface area contributed by atoms with Crippen LogP contribution < -0.4 is 10.2 Å². The fraction of sp³-hybridized carbons (Fsp3) is 0.600. The molecule has 11 nitrogen and oxygen atoms in total. The van der Waals surface area contributed by atoms with Crippen molar-refractivity contribution in [1.29, 1.82) is 0 Å². The van der Waals surface area contributed by atoms with E-state index < -0.39 is 4.92 Å². The Morgan fingerprint density at radius 1 is 0.903 bits per heavy atom. The summed E-state index contributed by atoms with van der Waals surface area (Å²) in [5.41, 5.74) is 0.743. The predicted octanol–water partition coefficient (Wildman–Crippen LogP) is 0.214. The highest BCUT2D eigenvalue weighted by molar-refractivity contribution is 5.96. The number of nitrogens with one attached hydrogen (secondary N) is 1. The maximum absolute atomic E-state index is 12.7. The number of benzene rings is 1. The highest BCUT2D eigenvalue weighted by Gasteiger charge is 2.30. The Bertz CT molecular complexity index is 829. The number of carbonyl (C=O) groups is 2. The topological polar surface area (TPSA) is 112 Å². The van der Waals surface area contributed by atoms with Crippen LogP contribution in [0.15, 0.2) is 18.2 Å². The third kappa shape index (κ3) is 4.72. The van der Waals surface area contributed by atoms with Gasteiger partial charge in [0.15, 0.2) is 0 Å². The Kier molecular flexibility index (Phi) is 6.52. The van der Waals surface area contributed by atoms with Gasteiger partial charge in [0.05, 0.1) is 18.1 Å². The molecule has 0 unspecified atom stereocenters. The molecular formula is C20H28N6O5. The van der Waals surface area contributed by atoms with Crippen LogP contribution in [0.4, 0.5) is 16.2 Å². The Labute approximate surface area is 180 Å². The van der Waals surface area contributed by atoms with Crippen LogP contribution in [0.25, 0.3) is 0 Å². The first-order valence-electron chi connectivity index (χ1n) is 10.7. The van der Waals surface area contributed by atoms with Crippen molar-refractivity contribution in [2.24, 2.45) is 0 Å². The van der Waals surface area contributed by atoms with Gasteiger partial charge in [0.1, 0.15) is 5.69 Å². The van der Waals surface area contributed by atoms with Gasteiger partial charge in [0.25, 0.3) is 11.6 Å². The molecule has 3 saturated heterocycles. The van der Waals surface area contributed by atoms with E-state index >= 15 is 0 Å². The van der Waals surface area contributed by atoms with Gasteiger partial charge in [-0.2, -0.15) is 0 Å². The first-order valence-corrected chi connectivity index (χ1v) is 10.7. The molecule has 3 fully saturated rings. The minimum atomic E-state index is -0.435. The number of nitro groups is 1. The fourth-order valence-electron chi connectivity index (χ4n) is 4.21. The summed E-state index contributed by atoms with van der Waals surface area (Å²) >= 11 is 0. The van der Waals surface area contributed by atoms with Gasteiger partial charge in [0, 0.05) is 77.1 Å². The third-order valence-corrected chi connectivity index (χ3v) is 6.00. The Morgan fingerprint density at radius 3 is 2.19 bits per heavy atom. The number of morpholine rings is 1. The largest absolute Gasteiger partial charge is 0.378 e. The quantitative estimate of drug-likeness (QED) is 0.537. The lowest BCUT2D eigenvalue weighted by molar-refractivity contribution is -0.384. The first-order chi connectivity index (χ1) is 15.0. The summed E-state index contributed by atoms with van der Waals surface area (Å²) < 4.78 is 5.30. The Morgan fingerprint density at radius 2 is 1.55 bits per heavy atom. The minimum absolute atomic E-state index is 0.00517. The molecule has 168 valence electrons. The average molecular weight is 432 g/mol. The van der Waals surface area contributed by atoms with Crippen molar-refractivity contribution in [3.63, 3.8) is 0 Å². The number of piperazine rings is 2. The van der Waals surface area contributed by atoms with Gasteiger partial charge in [0.2, 0.25) is 0 Å². The molecule has 0 spiro atoms. The van der Waals surface area contributed by atoms with Crippen molar-refractivity contribution in [3.8, 4) is 0 Å². The van der Waals surface area contributed by atoms with E-state index in [-0.39, 0.29) is 17.6 Å². The second-order valence-electron chi connectivity index (χ2n) is 7.86. The van der Waals surface area contributed by atoms with Crippen molar-refractivity contribution < 1.29 is 19.2 Å². The normalized spacial score (nSPS) is 20.0. The maximum atomic E-state index is 12.7. The molecule has 31 heavy (non-hydrogen) atoms. The smallest absolute Gasteiger partial charge is 0.320 e. The van der Waals surface area contributed by atoms with Gasteiger partial charge < -0.3 is 29.7 Å². The first kappa shape index (κ1) is 21.3. The molecule has 1 aromatic carbocycles. The number of amides is 3. The van der Waals surface area contributed by atoms with Gasteiger partial charge in [-0.05, 0) is 12.1 Å². The van der Waals surface area contributed by atoms with E-state index in [4.69, 9.17) is 4.74 Å². The summed E-state index contributed by atoms with van der Waals surface area (Å²) in [6, 6.07) is 4.70. The fourth-order valence-corrected chi connectivity index (χ4v) is 4.21. The molecule has 3 aliphatic rings. The lowest BCUT2D eigenvalue weighted by Crippen LogP contribution is -2.54. The van der Waals surface area contributed by atoms with Crippen molar-refractivity contribution in [1.82, 2.24) is 20.0 Å². The number of nitrogens with zero attached hydrogens (tertiary/aromatic N) is 5. The summed E-state index contributed by atoms with van der Waals surface area (Å²) in [4.78, 5) is 43.9. The standard InChI is InChI=1S/C20H28N6O5/c27-19(23-5-3-21-4-6-23)16-1-2-17(18(15-16)26(29)30)22-7-9-24(10-8-22)20(28)25-11-13-31-14-12-25/h1-2,15,21H,3-14H2. The number of ether oxygens (including phenoxy) is 1. The summed E-state index contributed by atoms with van der Waals surface area (Å²) in [6.45, 7) is 6.90. The molecule has 3 amide bonds. The van der Waals surface area contributed by atoms with Crippen LogP contribution in [0.3, 0.4) is 0 Å². The van der Waals surface area contributed by atoms with E-state index in [0.29, 0.717) is 76.8 Å². The number of rotatable bonds is 3. The Balaban J connectivity index is 1.43. The second kappa shape index (κ2) is 9.48. The van der Waals surface area contributed by atoms with Crippen molar-refractivity contribution in [2.45, 2.75) is 0 Å². The van der Waals surface area contributed by atoms with Gasteiger partial charge >= 0.3 is 6.03 Å². The summed E-state index contributed by atoms with van der Waals surface area (Å²) in [5, 5.41) is 14.9. The highest BCUT2D eigenvalue weighted by Crippen LogP contribution is 2.30. The van der Waals surface area contributed by atoms with E-state index in [1.165, 1.54) is 6.07 Å². The van der Waals surface area contributed by atoms with E-state index in [2.05, 4.69) is 5.32 Å². The van der Waals surface area contributed by atoms with Gasteiger partial charge in [-0.15, -0.1) is 0 Å². The molecule has 1 N–H and O–H groups in total. The zero-order chi connectivity index (χ0) is 21.8. The molecule has 1 aromatic rings. The van der Waals surface area contributed by atoms with E-state index in [1.807, 2.05) is 4.90 Å². The van der Waals surface area contributed by atoms with Crippen LogP contribution in [0.2, 0.25) is 0 Å². The van der Waals surface area contributed by atoms with Crippen LogP contribution in [-0.2, 0) is 4.74 Å². The van der Waals surface area contributed by atoms with Crippen LogP contribution >= 0.6 is 0 Å². The molecular weight excluding hydrogens is 404 g/mol. The third-order valence-electron chi connectivity index (χ3n) is 6.00. The molecule has 3 aliphatic heterocycles. The number of urea groups is 1. The summed E-state index contributed by atoms with van der Waals surface area (Å²) in [5.74, 6) is -0.183. The number of anilines is 1. The molecule has 0 atom stereocenters. The molecule has 3 heterocycles. The number of carbonyl (C=O) groups excluding carboxylic acids is 2. The predicted molar refractivity (Wildman–Crippen MR) is 113 cm³/mol. The lowest BCUT2D eigenvalue weighted by Gasteiger charge is -2.39. The highest BCUT2D eigenvalue weighted by atomic mass is 16.6. The maximum Gasteiger partial charge on any atom is 0.320 e. The van der Waals surface area contributed by atoms with Gasteiger partial charge in [-0.3, -0.25) is 14.9 Å². The van der Waals surface area contributed by atoms with Crippen molar-refractivity contribution in [3.05, 3.63) is 33.9 Å². The van der Waals surface area contributed by atoms with Crippen LogP contribution in [0.1, 0.15) is 10.4 Å². The van der Waals surface area contributed by atoms with Crippen LogP contribution in [-0.4, -0.2) is 110 Å². The van der Waals surface area contributed by atoms with Crippen molar-refractivity contribution >= 4 is 23.3 Å². The zero-order valence-corrected chi connectivity index (χ0v) is 17.5.